The average molecular weight is 202 g/mol. The zero-order valence-corrected chi connectivity index (χ0v) is 8.44. The minimum absolute atomic E-state index is 0. The lowest BCUT2D eigenvalue weighted by Crippen LogP contribution is -1.73. The van der Waals surface area contributed by atoms with E-state index in [0.29, 0.717) is 11.4 Å². The predicted octanol–water partition coefficient (Wildman–Crippen LogP) is 1.55. The van der Waals surface area contributed by atoms with Gasteiger partial charge in [-0.05, 0) is 24.6 Å². The molecule has 0 unspecified atom stereocenters. The van der Waals surface area contributed by atoms with E-state index < -0.39 is 0 Å². The third-order valence-electron chi connectivity index (χ3n) is 1.53. The number of aryl methyl sites for hydroxylation is 1. The molecule has 1 aromatic carbocycles. The fourth-order valence-electron chi connectivity index (χ4n) is 0.890. The largest absolute Gasteiger partial charge is 0.240 e. The molecule has 0 heterocycles. The molecule has 1 rings (SSSR count). The van der Waals surface area contributed by atoms with Crippen LogP contribution in [-0.4, -0.2) is 23.1 Å². The zero-order chi connectivity index (χ0) is 9.68. The van der Waals surface area contributed by atoms with E-state index in [9.17, 15) is 9.59 Å². The molecule has 4 nitrogen and oxygen atoms in total. The summed E-state index contributed by atoms with van der Waals surface area (Å²) in [4.78, 5) is 26.8. The van der Waals surface area contributed by atoms with Gasteiger partial charge in [0.2, 0.25) is 12.2 Å². The molecule has 68 valence electrons. The van der Waals surface area contributed by atoms with Crippen molar-refractivity contribution >= 4 is 34.5 Å². The van der Waals surface area contributed by atoms with Crippen LogP contribution in [0.15, 0.2) is 28.2 Å². The Morgan fingerprint density at radius 2 is 1.79 bits per heavy atom. The molecule has 0 aromatic heterocycles. The van der Waals surface area contributed by atoms with E-state index in [1.54, 1.807) is 19.1 Å². The third-order valence-corrected chi connectivity index (χ3v) is 1.53. The van der Waals surface area contributed by atoms with Gasteiger partial charge in [-0.25, -0.2) is 9.59 Å². The smallest absolute Gasteiger partial charge is 0.211 e. The van der Waals surface area contributed by atoms with Gasteiger partial charge in [0.15, 0.2) is 0 Å². The van der Waals surface area contributed by atoms with E-state index in [4.69, 9.17) is 0 Å². The lowest BCUT2D eigenvalue weighted by Gasteiger charge is -1.97. The molecule has 0 fully saturated rings. The van der Waals surface area contributed by atoms with Crippen LogP contribution >= 0.6 is 0 Å². The van der Waals surface area contributed by atoms with Crippen LogP contribution in [0.1, 0.15) is 5.56 Å². The molecule has 5 heteroatoms. The van der Waals surface area contributed by atoms with Gasteiger partial charge in [-0.15, -0.1) is 0 Å². The molecule has 0 N–H and O–H groups in total. The molecule has 1 aromatic rings. The quantitative estimate of drug-likeness (QED) is 0.415. The van der Waals surface area contributed by atoms with Crippen LogP contribution in [0.25, 0.3) is 0 Å². The highest BCUT2D eigenvalue weighted by molar-refractivity contribution is 5.75. The van der Waals surface area contributed by atoms with Crippen LogP contribution < -0.4 is 0 Å². The fraction of sp³-hybridized carbons (Fsp3) is 0.111. The molecule has 0 amide bonds. The molecule has 0 aliphatic rings. The first-order chi connectivity index (χ1) is 6.27. The van der Waals surface area contributed by atoms with Crippen molar-refractivity contribution in [3.63, 3.8) is 0 Å². The highest BCUT2D eigenvalue weighted by Crippen LogP contribution is 2.23. The maximum absolute atomic E-state index is 10.00. The van der Waals surface area contributed by atoms with Crippen LogP contribution in [0.2, 0.25) is 0 Å². The second-order valence-electron chi connectivity index (χ2n) is 2.38. The van der Waals surface area contributed by atoms with Gasteiger partial charge in [-0.1, -0.05) is 6.07 Å². The summed E-state index contributed by atoms with van der Waals surface area (Å²) in [5, 5.41) is 0. The Kier molecular flexibility index (Phi) is 5.03. The molecule has 14 heavy (non-hydrogen) atoms. The van der Waals surface area contributed by atoms with Gasteiger partial charge < -0.3 is 0 Å². The number of hydrogen-bond acceptors (Lipinski definition) is 4. The maximum atomic E-state index is 10.00. The van der Waals surface area contributed by atoms with E-state index >= 15 is 0 Å². The topological polar surface area (TPSA) is 58.9 Å². The van der Waals surface area contributed by atoms with Crippen molar-refractivity contribution < 1.29 is 9.59 Å². The van der Waals surface area contributed by atoms with Crippen LogP contribution in [0.5, 0.6) is 0 Å². The van der Waals surface area contributed by atoms with Gasteiger partial charge in [0.25, 0.3) is 0 Å². The summed E-state index contributed by atoms with van der Waals surface area (Å²) in [6.07, 6.45) is 2.84. The first kappa shape index (κ1) is 12.2. The summed E-state index contributed by atoms with van der Waals surface area (Å²) >= 11 is 0. The number of aliphatic imine (C=N–C) groups is 2. The lowest BCUT2D eigenvalue weighted by atomic mass is 10.2. The second-order valence-corrected chi connectivity index (χ2v) is 2.38. The van der Waals surface area contributed by atoms with Gasteiger partial charge >= 0.3 is 0 Å². The van der Waals surface area contributed by atoms with E-state index in [2.05, 4.69) is 9.98 Å². The summed E-state index contributed by atoms with van der Waals surface area (Å²) in [6.45, 7) is 1.80. The highest BCUT2D eigenvalue weighted by atomic mass is 28.1. The highest BCUT2D eigenvalue weighted by Gasteiger charge is 1.97. The van der Waals surface area contributed by atoms with Gasteiger partial charge in [0.05, 0.1) is 11.4 Å². The Labute approximate surface area is 85.4 Å². The Morgan fingerprint density at radius 3 is 2.36 bits per heavy atom. The summed E-state index contributed by atoms with van der Waals surface area (Å²) in [6, 6.07) is 4.88. The number of hydrogen-bond donors (Lipinski definition) is 0. The minimum Gasteiger partial charge on any atom is -0.211 e. The molecule has 0 aliphatic carbocycles. The maximum Gasteiger partial charge on any atom is 0.240 e. The molecule has 0 saturated heterocycles. The van der Waals surface area contributed by atoms with Crippen molar-refractivity contribution in [2.75, 3.05) is 0 Å². The van der Waals surface area contributed by atoms with Crippen molar-refractivity contribution in [1.29, 1.82) is 0 Å². The Balaban J connectivity index is 0.00000169. The molecule has 4 radical (unpaired) electrons. The summed E-state index contributed by atoms with van der Waals surface area (Å²) in [7, 11) is 0. The SMILES string of the molecule is Cc1ccc(N=C=O)cc1N=C=O.[Si]. The van der Waals surface area contributed by atoms with Crippen molar-refractivity contribution in [3.05, 3.63) is 23.8 Å². The fourth-order valence-corrected chi connectivity index (χ4v) is 0.890. The Morgan fingerprint density at radius 1 is 1.14 bits per heavy atom. The third kappa shape index (κ3) is 2.92. The molecule has 0 bridgehead atoms. The predicted molar refractivity (Wildman–Crippen MR) is 52.5 cm³/mol. The minimum atomic E-state index is 0. The number of benzene rings is 1. The Hall–Kier alpha value is -1.80. The second kappa shape index (κ2) is 5.78. The standard InChI is InChI=1S/C9H6N2O2.Si/c1-7-2-3-8(10-5-12)4-9(7)11-6-13;/h2-4H,1H3;. The average Bonchev–Trinajstić information content (AvgIpc) is 2.12. The van der Waals surface area contributed by atoms with Gasteiger partial charge in [0, 0.05) is 11.0 Å². The normalized spacial score (nSPS) is 7.79. The van der Waals surface area contributed by atoms with Crippen molar-refractivity contribution in [3.8, 4) is 0 Å². The molecule has 0 atom stereocenters. The van der Waals surface area contributed by atoms with Gasteiger partial charge in [-0.2, -0.15) is 9.98 Å². The summed E-state index contributed by atoms with van der Waals surface area (Å²) in [5.41, 5.74) is 1.72. The summed E-state index contributed by atoms with van der Waals surface area (Å²) in [5.74, 6) is 0. The summed E-state index contributed by atoms with van der Waals surface area (Å²) < 4.78 is 0. The van der Waals surface area contributed by atoms with Crippen molar-refractivity contribution in [2.24, 2.45) is 9.98 Å². The Bertz CT molecular complexity index is 419. The van der Waals surface area contributed by atoms with Crippen LogP contribution in [0, 0.1) is 6.92 Å². The number of isocyanates is 2. The molecule has 0 aliphatic heterocycles. The first-order valence-electron chi connectivity index (χ1n) is 3.54. The van der Waals surface area contributed by atoms with Crippen LogP contribution in [0.3, 0.4) is 0 Å². The van der Waals surface area contributed by atoms with E-state index in [1.807, 2.05) is 0 Å². The van der Waals surface area contributed by atoms with Crippen molar-refractivity contribution in [2.45, 2.75) is 6.92 Å². The van der Waals surface area contributed by atoms with Crippen LogP contribution in [-0.2, 0) is 9.59 Å². The van der Waals surface area contributed by atoms with Gasteiger partial charge in [-0.3, -0.25) is 0 Å². The van der Waals surface area contributed by atoms with Gasteiger partial charge in [0.1, 0.15) is 0 Å². The number of nitrogens with zero attached hydrogens (tertiary/aromatic N) is 2. The van der Waals surface area contributed by atoms with Crippen molar-refractivity contribution in [1.82, 2.24) is 0 Å². The number of rotatable bonds is 2. The molecular formula is C9H6N2O2Si. The lowest BCUT2D eigenvalue weighted by molar-refractivity contribution is 0.565. The van der Waals surface area contributed by atoms with Crippen LogP contribution in [0.4, 0.5) is 11.4 Å². The zero-order valence-electron chi connectivity index (χ0n) is 7.44. The molecule has 0 spiro atoms. The number of carbonyl (C=O) groups excluding carboxylic acids is 2. The van der Waals surface area contributed by atoms with E-state index in [1.165, 1.54) is 18.2 Å². The molecular weight excluding hydrogens is 196 g/mol. The van der Waals surface area contributed by atoms with E-state index in [-0.39, 0.29) is 11.0 Å². The van der Waals surface area contributed by atoms with E-state index in [0.717, 1.165) is 5.56 Å². The monoisotopic (exact) mass is 202 g/mol. The first-order valence-corrected chi connectivity index (χ1v) is 3.54. The molecule has 0 saturated carbocycles.